The molecule has 2 rings (SSSR count). The van der Waals surface area contributed by atoms with Crippen LogP contribution in [-0.2, 0) is 14.3 Å². The average molecular weight is 309 g/mol. The smallest absolute Gasteiger partial charge is 0.243 e. The van der Waals surface area contributed by atoms with Gasteiger partial charge >= 0.3 is 0 Å². The van der Waals surface area contributed by atoms with Crippen molar-refractivity contribution < 1.29 is 14.3 Å². The fourth-order valence-corrected chi connectivity index (χ4v) is 2.23. The molecule has 0 saturated carbocycles. The predicted octanol–water partition coefficient (Wildman–Crippen LogP) is 1.54. The maximum absolute atomic E-state index is 12.0. The molecule has 1 aromatic rings. The third-order valence-electron chi connectivity index (χ3n) is 3.26. The highest BCUT2D eigenvalue weighted by Gasteiger charge is 2.25. The molecule has 1 aliphatic heterocycles. The van der Waals surface area contributed by atoms with Crippen molar-refractivity contribution in [3.8, 4) is 0 Å². The zero-order valence-corrected chi connectivity index (χ0v) is 12.3. The van der Waals surface area contributed by atoms with Gasteiger partial charge in [-0.25, -0.2) is 0 Å². The van der Waals surface area contributed by atoms with Gasteiger partial charge in [0.2, 0.25) is 11.8 Å². The van der Waals surface area contributed by atoms with Gasteiger partial charge in [0.05, 0.1) is 19.7 Å². The van der Waals surface area contributed by atoms with E-state index in [-0.39, 0.29) is 24.5 Å². The minimum absolute atomic E-state index is 0.0296. The van der Waals surface area contributed by atoms with Gasteiger partial charge in [-0.15, -0.1) is 0 Å². The molecular formula is C15H17ClN2O3. The highest BCUT2D eigenvalue weighted by atomic mass is 35.5. The first-order valence-corrected chi connectivity index (χ1v) is 7.03. The number of halogens is 1. The van der Waals surface area contributed by atoms with Crippen molar-refractivity contribution in [3.63, 3.8) is 0 Å². The van der Waals surface area contributed by atoms with Crippen molar-refractivity contribution in [2.24, 2.45) is 0 Å². The Kier molecular flexibility index (Phi) is 5.36. The fraction of sp³-hybridized carbons (Fsp3) is 0.333. The first-order chi connectivity index (χ1) is 10.1. The largest absolute Gasteiger partial charge is 0.370 e. The van der Waals surface area contributed by atoms with Crippen molar-refractivity contribution in [2.75, 3.05) is 26.2 Å². The molecule has 21 heavy (non-hydrogen) atoms. The summed E-state index contributed by atoms with van der Waals surface area (Å²) in [5, 5.41) is 3.15. The number of benzene rings is 1. The van der Waals surface area contributed by atoms with Crippen LogP contribution >= 0.6 is 11.6 Å². The second-order valence-electron chi connectivity index (χ2n) is 4.67. The molecule has 0 unspecified atom stereocenters. The molecule has 1 aromatic carbocycles. The van der Waals surface area contributed by atoms with Gasteiger partial charge in [0, 0.05) is 11.6 Å². The van der Waals surface area contributed by atoms with Crippen molar-refractivity contribution in [1.29, 1.82) is 0 Å². The van der Waals surface area contributed by atoms with Crippen molar-refractivity contribution in [3.05, 3.63) is 47.5 Å². The molecule has 5 nitrogen and oxygen atoms in total. The summed E-state index contributed by atoms with van der Waals surface area (Å²) >= 11 is 5.86. The summed E-state index contributed by atoms with van der Waals surface area (Å²) in [4.78, 5) is 24.8. The Morgan fingerprint density at radius 3 is 2.81 bits per heavy atom. The Bertz CT molecular complexity index is 530. The molecule has 0 radical (unpaired) electrons. The van der Waals surface area contributed by atoms with Crippen molar-refractivity contribution in [1.82, 2.24) is 10.2 Å². The number of ether oxygens (including phenoxy) is 1. The van der Waals surface area contributed by atoms with Crippen LogP contribution in [0.5, 0.6) is 0 Å². The first kappa shape index (κ1) is 15.5. The third kappa shape index (κ3) is 4.31. The van der Waals surface area contributed by atoms with Gasteiger partial charge < -0.3 is 15.0 Å². The zero-order chi connectivity index (χ0) is 15.2. The van der Waals surface area contributed by atoms with Crippen molar-refractivity contribution in [2.45, 2.75) is 6.10 Å². The highest BCUT2D eigenvalue weighted by molar-refractivity contribution is 6.30. The molecule has 1 heterocycles. The Morgan fingerprint density at radius 2 is 2.14 bits per heavy atom. The summed E-state index contributed by atoms with van der Waals surface area (Å²) in [6.07, 6.45) is 0.971. The third-order valence-corrected chi connectivity index (χ3v) is 3.51. The minimum atomic E-state index is -0.356. The summed E-state index contributed by atoms with van der Waals surface area (Å²) in [6.45, 7) is 4.76. The number of nitrogens with one attached hydrogen (secondary N) is 1. The molecule has 0 aliphatic carbocycles. The minimum Gasteiger partial charge on any atom is -0.370 e. The van der Waals surface area contributed by atoms with E-state index >= 15 is 0 Å². The summed E-state index contributed by atoms with van der Waals surface area (Å²) < 4.78 is 5.69. The molecule has 1 atom stereocenters. The number of hydrogen-bond donors (Lipinski definition) is 1. The monoisotopic (exact) mass is 308 g/mol. The Hall–Kier alpha value is -1.85. The van der Waals surface area contributed by atoms with Crippen LogP contribution < -0.4 is 5.32 Å². The molecular weight excluding hydrogens is 292 g/mol. The van der Waals surface area contributed by atoms with Crippen LogP contribution in [0.25, 0.3) is 0 Å². The number of nitrogens with zero attached hydrogens (tertiary/aromatic N) is 1. The first-order valence-electron chi connectivity index (χ1n) is 6.65. The van der Waals surface area contributed by atoms with E-state index in [1.165, 1.54) is 0 Å². The fourth-order valence-electron chi connectivity index (χ4n) is 2.10. The van der Waals surface area contributed by atoms with Gasteiger partial charge in [0.15, 0.2) is 0 Å². The summed E-state index contributed by atoms with van der Waals surface area (Å²) in [7, 11) is 0. The van der Waals surface area contributed by atoms with Crippen LogP contribution in [0.15, 0.2) is 36.9 Å². The predicted molar refractivity (Wildman–Crippen MR) is 79.9 cm³/mol. The lowest BCUT2D eigenvalue weighted by Crippen LogP contribution is -2.46. The summed E-state index contributed by atoms with van der Waals surface area (Å²) in [6, 6.07) is 7.37. The Balaban J connectivity index is 1.93. The number of hydrogen-bond acceptors (Lipinski definition) is 3. The standard InChI is InChI=1S/C15H17ClN2O3/c1-2-14(19)17-9-15(20)18-7-8-21-13(10-18)11-3-5-12(16)6-4-11/h2-6,13H,1,7-10H2,(H,17,19)/t13-/m1/s1. The number of rotatable bonds is 4. The van der Waals surface area contributed by atoms with Gasteiger partial charge in [-0.1, -0.05) is 30.3 Å². The second kappa shape index (κ2) is 7.24. The molecule has 1 fully saturated rings. The molecule has 0 bridgehead atoms. The molecule has 2 amide bonds. The van der Waals surface area contributed by atoms with E-state index < -0.39 is 0 Å². The quantitative estimate of drug-likeness (QED) is 0.859. The van der Waals surface area contributed by atoms with Gasteiger partial charge in [-0.2, -0.15) is 0 Å². The SMILES string of the molecule is C=CC(=O)NCC(=O)N1CCO[C@@H](c2ccc(Cl)cc2)C1. The summed E-state index contributed by atoms with van der Waals surface area (Å²) in [5.41, 5.74) is 0.979. The molecule has 1 aliphatic rings. The molecule has 1 saturated heterocycles. The maximum atomic E-state index is 12.0. The number of morpholine rings is 1. The number of carbonyl (C=O) groups is 2. The van der Waals surface area contributed by atoms with Crippen LogP contribution in [0.3, 0.4) is 0 Å². The van der Waals surface area contributed by atoms with Crippen LogP contribution in [0.4, 0.5) is 0 Å². The lowest BCUT2D eigenvalue weighted by Gasteiger charge is -2.33. The summed E-state index contributed by atoms with van der Waals surface area (Å²) in [5.74, 6) is -0.488. The van der Waals surface area contributed by atoms with Crippen LogP contribution in [-0.4, -0.2) is 43.0 Å². The van der Waals surface area contributed by atoms with E-state index in [0.29, 0.717) is 24.7 Å². The zero-order valence-electron chi connectivity index (χ0n) is 11.5. The topological polar surface area (TPSA) is 58.6 Å². The molecule has 0 aromatic heterocycles. The van der Waals surface area contributed by atoms with Gasteiger partial charge in [0.1, 0.15) is 6.10 Å². The van der Waals surface area contributed by atoms with Gasteiger partial charge in [-0.05, 0) is 23.8 Å². The van der Waals surface area contributed by atoms with E-state index in [1.54, 1.807) is 17.0 Å². The van der Waals surface area contributed by atoms with Gasteiger partial charge in [0.25, 0.3) is 0 Å². The highest BCUT2D eigenvalue weighted by Crippen LogP contribution is 2.23. The number of carbonyl (C=O) groups excluding carboxylic acids is 2. The van der Waals surface area contributed by atoms with Crippen LogP contribution in [0.2, 0.25) is 5.02 Å². The van der Waals surface area contributed by atoms with Crippen molar-refractivity contribution >= 4 is 23.4 Å². The van der Waals surface area contributed by atoms with E-state index in [2.05, 4.69) is 11.9 Å². The maximum Gasteiger partial charge on any atom is 0.243 e. The Labute approximate surface area is 128 Å². The number of amides is 2. The van der Waals surface area contributed by atoms with E-state index in [1.807, 2.05) is 12.1 Å². The van der Waals surface area contributed by atoms with E-state index in [9.17, 15) is 9.59 Å². The normalized spacial score (nSPS) is 18.1. The van der Waals surface area contributed by atoms with E-state index in [4.69, 9.17) is 16.3 Å². The van der Waals surface area contributed by atoms with E-state index in [0.717, 1.165) is 11.6 Å². The average Bonchev–Trinajstić information content (AvgIpc) is 2.53. The molecule has 0 spiro atoms. The van der Waals surface area contributed by atoms with Crippen LogP contribution in [0.1, 0.15) is 11.7 Å². The molecule has 6 heteroatoms. The Morgan fingerprint density at radius 1 is 1.43 bits per heavy atom. The van der Waals surface area contributed by atoms with Gasteiger partial charge in [-0.3, -0.25) is 9.59 Å². The van der Waals surface area contributed by atoms with Crippen LogP contribution in [0, 0.1) is 0 Å². The second-order valence-corrected chi connectivity index (χ2v) is 5.11. The molecule has 112 valence electrons. The lowest BCUT2D eigenvalue weighted by atomic mass is 10.1. The molecule has 1 N–H and O–H groups in total. The lowest BCUT2D eigenvalue weighted by molar-refractivity contribution is -0.139.